The molecule has 0 radical (unpaired) electrons. The predicted molar refractivity (Wildman–Crippen MR) is 78.2 cm³/mol. The zero-order chi connectivity index (χ0) is 16.8. The fourth-order valence-electron chi connectivity index (χ4n) is 1.60. The molecule has 0 bridgehead atoms. The normalized spacial score (nSPS) is 11.3. The van der Waals surface area contributed by atoms with Crippen LogP contribution in [0.15, 0.2) is 24.5 Å². The molecule has 1 N–H and O–H groups in total. The van der Waals surface area contributed by atoms with Crippen molar-refractivity contribution >= 4 is 29.2 Å². The van der Waals surface area contributed by atoms with Gasteiger partial charge in [-0.25, -0.2) is 4.68 Å². The molecule has 0 spiro atoms. The Hall–Kier alpha value is -2.99. The van der Waals surface area contributed by atoms with Crippen molar-refractivity contribution in [2.75, 3.05) is 5.32 Å². The molecular formula is C13H11ClN6O3. The molecule has 0 saturated carbocycles. The van der Waals surface area contributed by atoms with Gasteiger partial charge in [0.25, 0.3) is 5.91 Å². The van der Waals surface area contributed by atoms with Crippen LogP contribution in [0.4, 0.5) is 5.69 Å². The Morgan fingerprint density at radius 1 is 1.52 bits per heavy atom. The van der Waals surface area contributed by atoms with Crippen molar-refractivity contribution in [2.24, 2.45) is 0 Å². The third kappa shape index (κ3) is 4.49. The van der Waals surface area contributed by atoms with E-state index in [1.807, 2.05) is 6.07 Å². The van der Waals surface area contributed by atoms with E-state index < -0.39 is 18.0 Å². The first kappa shape index (κ1) is 16.4. The summed E-state index contributed by atoms with van der Waals surface area (Å²) >= 11 is 5.88. The minimum atomic E-state index is -1.02. The third-order valence-electron chi connectivity index (χ3n) is 2.72. The number of hydrogen-bond acceptors (Lipinski definition) is 7. The zero-order valence-corrected chi connectivity index (χ0v) is 12.7. The number of hydrogen-bond donors (Lipinski definition) is 1. The number of tetrazole rings is 1. The number of carbonyl (C=O) groups is 2. The molecule has 1 atom stereocenters. The number of nitriles is 1. The highest BCUT2D eigenvalue weighted by atomic mass is 35.5. The van der Waals surface area contributed by atoms with Crippen molar-refractivity contribution in [1.82, 2.24) is 20.2 Å². The van der Waals surface area contributed by atoms with Crippen molar-refractivity contribution in [3.05, 3.63) is 35.1 Å². The highest BCUT2D eigenvalue weighted by molar-refractivity contribution is 6.32. The number of ether oxygens (including phenoxy) is 1. The van der Waals surface area contributed by atoms with E-state index in [1.165, 1.54) is 36.1 Å². The summed E-state index contributed by atoms with van der Waals surface area (Å²) in [5, 5.41) is 21.8. The average molecular weight is 335 g/mol. The van der Waals surface area contributed by atoms with E-state index in [0.717, 1.165) is 0 Å². The van der Waals surface area contributed by atoms with Gasteiger partial charge in [0.05, 0.1) is 10.6 Å². The molecule has 0 aliphatic heterocycles. The van der Waals surface area contributed by atoms with Gasteiger partial charge in [-0.15, -0.1) is 5.10 Å². The summed E-state index contributed by atoms with van der Waals surface area (Å²) in [4.78, 5) is 23.6. The van der Waals surface area contributed by atoms with Crippen LogP contribution >= 0.6 is 11.6 Å². The summed E-state index contributed by atoms with van der Waals surface area (Å²) in [7, 11) is 0. The summed E-state index contributed by atoms with van der Waals surface area (Å²) in [5.41, 5.74) is 0.688. The van der Waals surface area contributed by atoms with Crippen LogP contribution in [0.1, 0.15) is 12.5 Å². The first-order valence-electron chi connectivity index (χ1n) is 6.40. The number of amides is 1. The van der Waals surface area contributed by atoms with Crippen molar-refractivity contribution in [3.63, 3.8) is 0 Å². The Labute approximate surface area is 135 Å². The number of rotatable bonds is 5. The number of benzene rings is 1. The van der Waals surface area contributed by atoms with Gasteiger partial charge in [0, 0.05) is 5.69 Å². The lowest BCUT2D eigenvalue weighted by Crippen LogP contribution is -2.31. The molecule has 0 saturated heterocycles. The molecule has 1 aromatic carbocycles. The van der Waals surface area contributed by atoms with Crippen LogP contribution in [0, 0.1) is 11.3 Å². The number of anilines is 1. The van der Waals surface area contributed by atoms with Gasteiger partial charge in [-0.05, 0) is 35.5 Å². The molecule has 9 nitrogen and oxygen atoms in total. The molecule has 2 rings (SSSR count). The maximum Gasteiger partial charge on any atom is 0.328 e. The molecule has 1 amide bonds. The van der Waals surface area contributed by atoms with Crippen LogP contribution in [0.3, 0.4) is 0 Å². The molecule has 10 heteroatoms. The Kier molecular flexibility index (Phi) is 5.22. The first-order chi connectivity index (χ1) is 11.0. The fraction of sp³-hybridized carbons (Fsp3) is 0.231. The Morgan fingerprint density at radius 3 is 2.91 bits per heavy atom. The monoisotopic (exact) mass is 334 g/mol. The summed E-state index contributed by atoms with van der Waals surface area (Å²) < 4.78 is 6.15. The second kappa shape index (κ2) is 7.33. The standard InChI is InChI=1S/C13H11ClN6O3/c1-8(23-12(21)6-20-7-16-18-19-20)13(22)17-10-3-2-9(5-15)11(14)4-10/h2-4,7-8H,6H2,1H3,(H,17,22)/t8-/m0/s1. The predicted octanol–water partition coefficient (Wildman–Crippen LogP) is 0.769. The van der Waals surface area contributed by atoms with Gasteiger partial charge >= 0.3 is 5.97 Å². The number of aromatic nitrogens is 4. The van der Waals surface area contributed by atoms with Crippen molar-refractivity contribution < 1.29 is 14.3 Å². The van der Waals surface area contributed by atoms with Gasteiger partial charge in [0.15, 0.2) is 6.10 Å². The zero-order valence-electron chi connectivity index (χ0n) is 11.9. The van der Waals surface area contributed by atoms with Crippen molar-refractivity contribution in [2.45, 2.75) is 19.6 Å². The summed E-state index contributed by atoms with van der Waals surface area (Å²) in [6.07, 6.45) is 0.235. The van der Waals surface area contributed by atoms with Crippen LogP contribution in [0.25, 0.3) is 0 Å². The van der Waals surface area contributed by atoms with E-state index >= 15 is 0 Å². The van der Waals surface area contributed by atoms with Crippen molar-refractivity contribution in [3.8, 4) is 6.07 Å². The van der Waals surface area contributed by atoms with Gasteiger partial charge < -0.3 is 10.1 Å². The van der Waals surface area contributed by atoms with Crippen LogP contribution in [0.5, 0.6) is 0 Å². The SMILES string of the molecule is C[C@H](OC(=O)Cn1cnnn1)C(=O)Nc1ccc(C#N)c(Cl)c1. The first-order valence-corrected chi connectivity index (χ1v) is 6.78. The fourth-order valence-corrected chi connectivity index (χ4v) is 1.82. The summed E-state index contributed by atoms with van der Waals surface area (Å²) in [6, 6.07) is 6.36. The molecule has 0 fully saturated rings. The molecule has 0 unspecified atom stereocenters. The highest BCUT2D eigenvalue weighted by Gasteiger charge is 2.18. The van der Waals surface area contributed by atoms with E-state index in [4.69, 9.17) is 21.6 Å². The minimum absolute atomic E-state index is 0.201. The van der Waals surface area contributed by atoms with Gasteiger partial charge in [-0.3, -0.25) is 9.59 Å². The lowest BCUT2D eigenvalue weighted by molar-refractivity contribution is -0.153. The van der Waals surface area contributed by atoms with Gasteiger partial charge in [-0.2, -0.15) is 5.26 Å². The van der Waals surface area contributed by atoms with Gasteiger partial charge in [-0.1, -0.05) is 11.6 Å². The third-order valence-corrected chi connectivity index (χ3v) is 3.03. The van der Waals surface area contributed by atoms with Crippen LogP contribution in [0.2, 0.25) is 5.02 Å². The van der Waals surface area contributed by atoms with E-state index in [1.54, 1.807) is 0 Å². The second-order valence-corrected chi connectivity index (χ2v) is 4.84. The molecule has 2 aromatic rings. The second-order valence-electron chi connectivity index (χ2n) is 4.44. The number of nitrogens with one attached hydrogen (secondary N) is 1. The van der Waals surface area contributed by atoms with Crippen LogP contribution in [-0.2, 0) is 20.9 Å². The molecule has 0 aliphatic carbocycles. The van der Waals surface area contributed by atoms with E-state index in [9.17, 15) is 9.59 Å². The summed E-state index contributed by atoms with van der Waals surface area (Å²) in [6.45, 7) is 1.23. The van der Waals surface area contributed by atoms with E-state index in [2.05, 4.69) is 20.8 Å². The Balaban J connectivity index is 1.91. The largest absolute Gasteiger partial charge is 0.451 e. The van der Waals surface area contributed by atoms with Gasteiger partial charge in [0.1, 0.15) is 18.9 Å². The molecule has 1 heterocycles. The maximum atomic E-state index is 12.0. The Bertz CT molecular complexity index is 756. The highest BCUT2D eigenvalue weighted by Crippen LogP contribution is 2.20. The molecular weight excluding hydrogens is 324 g/mol. The molecule has 0 aliphatic rings. The number of nitrogens with zero attached hydrogens (tertiary/aromatic N) is 5. The maximum absolute atomic E-state index is 12.0. The molecule has 23 heavy (non-hydrogen) atoms. The number of esters is 1. The molecule has 1 aromatic heterocycles. The Morgan fingerprint density at radius 2 is 2.30 bits per heavy atom. The summed E-state index contributed by atoms with van der Waals surface area (Å²) in [5.74, 6) is -1.19. The molecule has 118 valence electrons. The lowest BCUT2D eigenvalue weighted by atomic mass is 10.2. The van der Waals surface area contributed by atoms with E-state index in [0.29, 0.717) is 11.3 Å². The lowest BCUT2D eigenvalue weighted by Gasteiger charge is -2.13. The topological polar surface area (TPSA) is 123 Å². The smallest absolute Gasteiger partial charge is 0.328 e. The van der Waals surface area contributed by atoms with Crippen LogP contribution < -0.4 is 5.32 Å². The number of halogens is 1. The van der Waals surface area contributed by atoms with Crippen LogP contribution in [-0.4, -0.2) is 38.2 Å². The average Bonchev–Trinajstić information content (AvgIpc) is 3.00. The van der Waals surface area contributed by atoms with Crippen molar-refractivity contribution in [1.29, 1.82) is 5.26 Å². The van der Waals surface area contributed by atoms with Gasteiger partial charge in [0.2, 0.25) is 0 Å². The quantitative estimate of drug-likeness (QED) is 0.801. The van der Waals surface area contributed by atoms with E-state index in [-0.39, 0.29) is 11.6 Å². The number of carbonyl (C=O) groups excluding carboxylic acids is 2. The minimum Gasteiger partial charge on any atom is -0.451 e.